The molecule has 2 rings (SSSR count). The highest BCUT2D eigenvalue weighted by Crippen LogP contribution is 2.49. The number of rotatable bonds is 1. The molecule has 2 fully saturated rings. The van der Waals surface area contributed by atoms with E-state index >= 15 is 0 Å². The number of halogens is 1. The smallest absolute Gasteiger partial charge is 0.305 e. The second kappa shape index (κ2) is 3.45. The van der Waals surface area contributed by atoms with Gasteiger partial charge in [-0.2, -0.15) is 8.42 Å². The van der Waals surface area contributed by atoms with E-state index < -0.39 is 15.5 Å². The molecule has 0 aromatic carbocycles. The molecular weight excluding hydrogens is 207 g/mol. The maximum atomic E-state index is 13.1. The van der Waals surface area contributed by atoms with Gasteiger partial charge in [0.1, 0.15) is 0 Å². The molecule has 1 unspecified atom stereocenters. The van der Waals surface area contributed by atoms with Crippen LogP contribution in [-0.4, -0.2) is 26.9 Å². The molecule has 0 radical (unpaired) electrons. The van der Waals surface area contributed by atoms with Crippen molar-refractivity contribution in [2.45, 2.75) is 37.4 Å². The van der Waals surface area contributed by atoms with Crippen molar-refractivity contribution in [3.05, 3.63) is 0 Å². The molecule has 2 aliphatic rings. The second-order valence-electron chi connectivity index (χ2n) is 4.33. The lowest BCUT2D eigenvalue weighted by atomic mass is 9.78. The zero-order valence-electron chi connectivity index (χ0n) is 8.04. The van der Waals surface area contributed by atoms with Crippen LogP contribution in [-0.2, 0) is 15.0 Å². The summed E-state index contributed by atoms with van der Waals surface area (Å²) in [4.78, 5) is 0. The molecule has 3 nitrogen and oxygen atoms in total. The van der Waals surface area contributed by atoms with Gasteiger partial charge in [-0.25, -0.2) is 0 Å². The first kappa shape index (κ1) is 10.4. The van der Waals surface area contributed by atoms with Crippen LogP contribution in [0.2, 0.25) is 0 Å². The first-order valence-corrected chi connectivity index (χ1v) is 6.50. The zero-order chi connectivity index (χ0) is 10.2. The molecule has 5 heteroatoms. The largest absolute Gasteiger partial charge is 0.381 e. The van der Waals surface area contributed by atoms with Gasteiger partial charge in [-0.1, -0.05) is 6.42 Å². The van der Waals surface area contributed by atoms with E-state index in [9.17, 15) is 12.3 Å². The molecule has 0 amide bonds. The summed E-state index contributed by atoms with van der Waals surface area (Å²) in [6.45, 7) is 1.15. The predicted octanol–water partition coefficient (Wildman–Crippen LogP) is 1.64. The van der Waals surface area contributed by atoms with Crippen LogP contribution < -0.4 is 0 Å². The molecule has 1 heterocycles. The zero-order valence-corrected chi connectivity index (χ0v) is 8.85. The van der Waals surface area contributed by atoms with Gasteiger partial charge in [-0.3, -0.25) is 0 Å². The van der Waals surface area contributed by atoms with Crippen molar-refractivity contribution in [2.24, 2.45) is 5.41 Å². The van der Waals surface area contributed by atoms with E-state index in [1.807, 2.05) is 0 Å². The Hall–Kier alpha value is -0.160. The van der Waals surface area contributed by atoms with E-state index in [-0.39, 0.29) is 5.41 Å². The number of hydrogen-bond acceptors (Lipinski definition) is 3. The molecule has 82 valence electrons. The summed E-state index contributed by atoms with van der Waals surface area (Å²) < 4.78 is 40.3. The van der Waals surface area contributed by atoms with E-state index in [4.69, 9.17) is 4.74 Å². The Morgan fingerprint density at radius 1 is 1.21 bits per heavy atom. The van der Waals surface area contributed by atoms with Crippen LogP contribution in [0, 0.1) is 5.41 Å². The van der Waals surface area contributed by atoms with Gasteiger partial charge in [0.2, 0.25) is 0 Å². The summed E-state index contributed by atoms with van der Waals surface area (Å²) in [7, 11) is -4.37. The first-order chi connectivity index (χ1) is 6.55. The Morgan fingerprint density at radius 2 is 1.86 bits per heavy atom. The molecule has 1 spiro atoms. The SMILES string of the molecule is O=S(=O)(F)C1CCCC12CCOCC2. The minimum Gasteiger partial charge on any atom is -0.381 e. The monoisotopic (exact) mass is 222 g/mol. The third-order valence-electron chi connectivity index (χ3n) is 3.65. The topological polar surface area (TPSA) is 43.4 Å². The lowest BCUT2D eigenvalue weighted by molar-refractivity contribution is 0.0192. The molecule has 1 aliphatic carbocycles. The molecule has 0 N–H and O–H groups in total. The molecular formula is C9H15FO3S. The molecule has 14 heavy (non-hydrogen) atoms. The average molecular weight is 222 g/mol. The third kappa shape index (κ3) is 1.67. The van der Waals surface area contributed by atoms with E-state index in [1.54, 1.807) is 0 Å². The number of hydrogen-bond donors (Lipinski definition) is 0. The molecule has 1 aliphatic heterocycles. The maximum Gasteiger partial charge on any atom is 0.305 e. The van der Waals surface area contributed by atoms with Gasteiger partial charge in [0.25, 0.3) is 0 Å². The van der Waals surface area contributed by atoms with E-state index in [1.165, 1.54) is 0 Å². The van der Waals surface area contributed by atoms with Crippen molar-refractivity contribution < 1.29 is 17.0 Å². The highest BCUT2D eigenvalue weighted by molar-refractivity contribution is 7.87. The fourth-order valence-corrected chi connectivity index (χ4v) is 4.29. The van der Waals surface area contributed by atoms with Crippen molar-refractivity contribution in [2.75, 3.05) is 13.2 Å². The first-order valence-electron chi connectivity index (χ1n) is 5.06. The van der Waals surface area contributed by atoms with E-state index in [2.05, 4.69) is 0 Å². The fraction of sp³-hybridized carbons (Fsp3) is 1.00. The van der Waals surface area contributed by atoms with Crippen LogP contribution in [0.25, 0.3) is 0 Å². The Kier molecular flexibility index (Phi) is 2.55. The van der Waals surface area contributed by atoms with Crippen molar-refractivity contribution in [1.82, 2.24) is 0 Å². The lowest BCUT2D eigenvalue weighted by Crippen LogP contribution is -2.39. The summed E-state index contributed by atoms with van der Waals surface area (Å²) in [5, 5.41) is -0.765. The summed E-state index contributed by atoms with van der Waals surface area (Å²) in [5.41, 5.74) is -0.314. The van der Waals surface area contributed by atoms with Crippen molar-refractivity contribution in [1.29, 1.82) is 0 Å². The number of ether oxygens (including phenoxy) is 1. The van der Waals surface area contributed by atoms with Crippen molar-refractivity contribution >= 4 is 10.2 Å². The molecule has 0 aromatic heterocycles. The summed E-state index contributed by atoms with van der Waals surface area (Å²) >= 11 is 0. The van der Waals surface area contributed by atoms with Crippen LogP contribution in [0.15, 0.2) is 0 Å². The van der Waals surface area contributed by atoms with E-state index in [0.29, 0.717) is 32.5 Å². The Labute approximate surface area is 83.8 Å². The Balaban J connectivity index is 2.24. The van der Waals surface area contributed by atoms with Gasteiger partial charge in [-0.15, -0.1) is 3.89 Å². The van der Waals surface area contributed by atoms with Gasteiger partial charge < -0.3 is 4.74 Å². The second-order valence-corrected chi connectivity index (χ2v) is 5.85. The van der Waals surface area contributed by atoms with E-state index in [0.717, 1.165) is 12.8 Å². The van der Waals surface area contributed by atoms with Gasteiger partial charge in [0.05, 0.1) is 5.25 Å². The summed E-state index contributed by atoms with van der Waals surface area (Å²) in [6.07, 6.45) is 3.54. The van der Waals surface area contributed by atoms with Gasteiger partial charge in [0.15, 0.2) is 0 Å². The maximum absolute atomic E-state index is 13.1. The third-order valence-corrected chi connectivity index (χ3v) is 5.07. The van der Waals surface area contributed by atoms with Crippen LogP contribution in [0.5, 0.6) is 0 Å². The molecule has 1 saturated heterocycles. The highest BCUT2D eigenvalue weighted by atomic mass is 32.3. The quantitative estimate of drug-likeness (QED) is 0.633. The molecule has 1 atom stereocenters. The van der Waals surface area contributed by atoms with Crippen molar-refractivity contribution in [3.8, 4) is 0 Å². The summed E-state index contributed by atoms with van der Waals surface area (Å²) in [5.74, 6) is 0. The van der Waals surface area contributed by atoms with Crippen molar-refractivity contribution in [3.63, 3.8) is 0 Å². The fourth-order valence-electron chi connectivity index (χ4n) is 2.90. The van der Waals surface area contributed by atoms with Gasteiger partial charge in [0, 0.05) is 13.2 Å². The molecule has 1 saturated carbocycles. The minimum absolute atomic E-state index is 0.314. The Morgan fingerprint density at radius 3 is 2.43 bits per heavy atom. The normalized spacial score (nSPS) is 32.2. The van der Waals surface area contributed by atoms with Gasteiger partial charge >= 0.3 is 10.2 Å². The standard InChI is InChI=1S/C9H15FO3S/c10-14(11,12)8-2-1-3-9(8)4-6-13-7-5-9/h8H,1-7H2. The summed E-state index contributed by atoms with van der Waals surface area (Å²) in [6, 6.07) is 0. The predicted molar refractivity (Wildman–Crippen MR) is 50.2 cm³/mol. The van der Waals surface area contributed by atoms with Crippen LogP contribution >= 0.6 is 0 Å². The van der Waals surface area contributed by atoms with Gasteiger partial charge in [-0.05, 0) is 31.1 Å². The molecule has 0 bridgehead atoms. The van der Waals surface area contributed by atoms with Crippen LogP contribution in [0.4, 0.5) is 3.89 Å². The lowest BCUT2D eigenvalue weighted by Gasteiger charge is -2.36. The van der Waals surface area contributed by atoms with Crippen LogP contribution in [0.1, 0.15) is 32.1 Å². The average Bonchev–Trinajstić information content (AvgIpc) is 2.49. The minimum atomic E-state index is -4.37. The molecule has 0 aromatic rings. The Bertz CT molecular complexity index is 306. The van der Waals surface area contributed by atoms with Crippen LogP contribution in [0.3, 0.4) is 0 Å². The highest BCUT2D eigenvalue weighted by Gasteiger charge is 2.50.